The van der Waals surface area contributed by atoms with E-state index in [2.05, 4.69) is 26.5 Å². The lowest BCUT2D eigenvalue weighted by Gasteiger charge is -2.16. The van der Waals surface area contributed by atoms with Gasteiger partial charge in [-0.1, -0.05) is 58.4 Å². The number of carbonyl (C=O) groups is 2. The molecule has 1 N–H and O–H groups in total. The Bertz CT molecular complexity index is 1060. The molecule has 3 aromatic carbocycles. The molecule has 1 unspecified atom stereocenters. The van der Waals surface area contributed by atoms with Crippen LogP contribution < -0.4 is 10.3 Å². The van der Waals surface area contributed by atoms with Crippen molar-refractivity contribution in [2.24, 2.45) is 11.0 Å². The lowest BCUT2D eigenvalue weighted by Crippen LogP contribution is -2.30. The average Bonchev–Trinajstić information content (AvgIpc) is 3.10. The summed E-state index contributed by atoms with van der Waals surface area (Å²) in [6, 6.07) is 21.4. The van der Waals surface area contributed by atoms with E-state index in [0.717, 1.165) is 26.5 Å². The Morgan fingerprint density at radius 2 is 1.82 bits per heavy atom. The second-order valence-electron chi connectivity index (χ2n) is 6.68. The maximum Gasteiger partial charge on any atom is 0.245 e. The van der Waals surface area contributed by atoms with Gasteiger partial charge >= 0.3 is 0 Å². The molecule has 4 rings (SSSR count). The summed E-state index contributed by atoms with van der Waals surface area (Å²) in [5.74, 6) is -0.717. The van der Waals surface area contributed by atoms with Gasteiger partial charge in [-0.05, 0) is 35.0 Å². The van der Waals surface area contributed by atoms with Gasteiger partial charge in [-0.2, -0.15) is 5.10 Å². The van der Waals surface area contributed by atoms with Crippen LogP contribution in [-0.4, -0.2) is 24.6 Å². The largest absolute Gasteiger partial charge is 0.312 e. The third kappa shape index (κ3) is 3.82. The van der Waals surface area contributed by atoms with Crippen molar-refractivity contribution in [3.8, 4) is 0 Å². The highest BCUT2D eigenvalue weighted by Gasteiger charge is 2.35. The van der Waals surface area contributed by atoms with Gasteiger partial charge < -0.3 is 4.90 Å². The molecule has 0 aromatic heterocycles. The fourth-order valence-electron chi connectivity index (χ4n) is 3.37. The molecule has 0 spiro atoms. The number of benzene rings is 3. The van der Waals surface area contributed by atoms with E-state index in [1.54, 1.807) is 11.1 Å². The molecular weight excluding hydrogens is 418 g/mol. The summed E-state index contributed by atoms with van der Waals surface area (Å²) in [5, 5.41) is 6.30. The average molecular weight is 436 g/mol. The standard InChI is InChI=1S/C22H18BrN3O2/c23-18-8-10-19(11-9-18)26-14-17(12-21(26)27)22(28)25-24-13-16-6-3-5-15-4-1-2-7-20(15)16/h1-11,13,17H,12,14H2,(H,25,28)/b24-13-. The molecule has 1 aliphatic heterocycles. The highest BCUT2D eigenvalue weighted by Crippen LogP contribution is 2.26. The minimum absolute atomic E-state index is 0.0551. The van der Waals surface area contributed by atoms with E-state index in [1.807, 2.05) is 66.7 Å². The molecule has 5 nitrogen and oxygen atoms in total. The molecule has 0 radical (unpaired) electrons. The van der Waals surface area contributed by atoms with E-state index in [0.29, 0.717) is 6.54 Å². The van der Waals surface area contributed by atoms with E-state index in [1.165, 1.54) is 0 Å². The van der Waals surface area contributed by atoms with Crippen LogP contribution >= 0.6 is 15.9 Å². The van der Waals surface area contributed by atoms with Crippen molar-refractivity contribution in [3.05, 3.63) is 76.8 Å². The zero-order chi connectivity index (χ0) is 19.5. The van der Waals surface area contributed by atoms with Gasteiger partial charge in [0.25, 0.3) is 0 Å². The van der Waals surface area contributed by atoms with Crippen molar-refractivity contribution in [3.63, 3.8) is 0 Å². The van der Waals surface area contributed by atoms with Crippen LogP contribution in [0.4, 0.5) is 5.69 Å². The SMILES string of the molecule is O=C(N/N=C\c1cccc2ccccc12)C1CC(=O)N(c2ccc(Br)cc2)C1. The number of rotatable bonds is 4. The minimum atomic E-state index is -0.416. The Kier molecular flexibility index (Phi) is 5.21. The fraction of sp³-hybridized carbons (Fsp3) is 0.136. The molecular formula is C22H18BrN3O2. The summed E-state index contributed by atoms with van der Waals surface area (Å²) in [7, 11) is 0. The monoisotopic (exact) mass is 435 g/mol. The zero-order valence-electron chi connectivity index (χ0n) is 15.0. The molecule has 0 saturated carbocycles. The van der Waals surface area contributed by atoms with Crippen molar-refractivity contribution in [2.75, 3.05) is 11.4 Å². The molecule has 3 aromatic rings. The third-order valence-electron chi connectivity index (χ3n) is 4.84. The first-order valence-electron chi connectivity index (χ1n) is 8.98. The van der Waals surface area contributed by atoms with Gasteiger partial charge in [0.05, 0.1) is 12.1 Å². The highest BCUT2D eigenvalue weighted by molar-refractivity contribution is 9.10. The molecule has 6 heteroatoms. The molecule has 1 heterocycles. The van der Waals surface area contributed by atoms with E-state index in [9.17, 15) is 9.59 Å². The maximum atomic E-state index is 12.5. The predicted octanol–water partition coefficient (Wildman–Crippen LogP) is 4.11. The van der Waals surface area contributed by atoms with E-state index < -0.39 is 5.92 Å². The summed E-state index contributed by atoms with van der Waals surface area (Å²) >= 11 is 3.38. The normalized spacial score (nSPS) is 16.8. The van der Waals surface area contributed by atoms with Gasteiger partial charge in [0.1, 0.15) is 0 Å². The number of nitrogens with zero attached hydrogens (tertiary/aromatic N) is 2. The number of carbonyl (C=O) groups excluding carboxylic acids is 2. The van der Waals surface area contributed by atoms with E-state index in [-0.39, 0.29) is 18.2 Å². The van der Waals surface area contributed by atoms with Crippen molar-refractivity contribution < 1.29 is 9.59 Å². The van der Waals surface area contributed by atoms with Crippen LogP contribution in [0.25, 0.3) is 10.8 Å². The van der Waals surface area contributed by atoms with Crippen molar-refractivity contribution in [2.45, 2.75) is 6.42 Å². The number of amides is 2. The number of hydrazone groups is 1. The van der Waals surface area contributed by atoms with E-state index in [4.69, 9.17) is 0 Å². The van der Waals surface area contributed by atoms with Crippen LogP contribution in [0, 0.1) is 5.92 Å². The molecule has 0 bridgehead atoms. The van der Waals surface area contributed by atoms with Crippen LogP contribution in [0.3, 0.4) is 0 Å². The maximum absolute atomic E-state index is 12.5. The van der Waals surface area contributed by atoms with Crippen LogP contribution in [0.15, 0.2) is 76.3 Å². The lowest BCUT2D eigenvalue weighted by molar-refractivity contribution is -0.126. The van der Waals surface area contributed by atoms with Crippen molar-refractivity contribution in [1.29, 1.82) is 0 Å². The number of hydrogen-bond acceptors (Lipinski definition) is 3. The molecule has 1 atom stereocenters. The topological polar surface area (TPSA) is 61.8 Å². The summed E-state index contributed by atoms with van der Waals surface area (Å²) in [6.45, 7) is 0.357. The summed E-state index contributed by atoms with van der Waals surface area (Å²) < 4.78 is 0.944. The molecule has 1 aliphatic rings. The van der Waals surface area contributed by atoms with Crippen LogP contribution in [0.5, 0.6) is 0 Å². The fourth-order valence-corrected chi connectivity index (χ4v) is 3.64. The van der Waals surface area contributed by atoms with Gasteiger partial charge in [0.15, 0.2) is 0 Å². The minimum Gasteiger partial charge on any atom is -0.312 e. The molecule has 1 fully saturated rings. The first kappa shape index (κ1) is 18.4. The van der Waals surface area contributed by atoms with Crippen molar-refractivity contribution >= 4 is 50.4 Å². The second kappa shape index (κ2) is 7.94. The Morgan fingerprint density at radius 3 is 2.64 bits per heavy atom. The molecule has 1 saturated heterocycles. The van der Waals surface area contributed by atoms with Gasteiger partial charge in [-0.3, -0.25) is 9.59 Å². The number of nitrogens with one attached hydrogen (secondary N) is 1. The quantitative estimate of drug-likeness (QED) is 0.495. The molecule has 28 heavy (non-hydrogen) atoms. The Hall–Kier alpha value is -2.99. The summed E-state index contributed by atoms with van der Waals surface area (Å²) in [6.07, 6.45) is 1.83. The third-order valence-corrected chi connectivity index (χ3v) is 5.36. The smallest absolute Gasteiger partial charge is 0.245 e. The van der Waals surface area contributed by atoms with Gasteiger partial charge in [0, 0.05) is 28.7 Å². The van der Waals surface area contributed by atoms with Gasteiger partial charge in [0.2, 0.25) is 11.8 Å². The zero-order valence-corrected chi connectivity index (χ0v) is 16.6. The number of anilines is 1. The number of fused-ring (bicyclic) bond motifs is 1. The van der Waals surface area contributed by atoms with Crippen LogP contribution in [-0.2, 0) is 9.59 Å². The highest BCUT2D eigenvalue weighted by atomic mass is 79.9. The Morgan fingerprint density at radius 1 is 1.07 bits per heavy atom. The number of hydrogen-bond donors (Lipinski definition) is 1. The Labute approximate surface area is 171 Å². The first-order valence-corrected chi connectivity index (χ1v) is 9.78. The molecule has 2 amide bonds. The predicted molar refractivity (Wildman–Crippen MR) is 114 cm³/mol. The van der Waals surface area contributed by atoms with Crippen molar-refractivity contribution in [1.82, 2.24) is 5.43 Å². The molecule has 0 aliphatic carbocycles. The molecule has 140 valence electrons. The Balaban J connectivity index is 1.42. The number of halogens is 1. The van der Waals surface area contributed by atoms with Crippen LogP contribution in [0.2, 0.25) is 0 Å². The van der Waals surface area contributed by atoms with Gasteiger partial charge in [-0.15, -0.1) is 0 Å². The first-order chi connectivity index (χ1) is 13.6. The summed E-state index contributed by atoms with van der Waals surface area (Å²) in [4.78, 5) is 26.4. The summed E-state index contributed by atoms with van der Waals surface area (Å²) in [5.41, 5.74) is 4.31. The second-order valence-corrected chi connectivity index (χ2v) is 7.60. The lowest BCUT2D eigenvalue weighted by atomic mass is 10.1. The van der Waals surface area contributed by atoms with E-state index >= 15 is 0 Å². The van der Waals surface area contributed by atoms with Crippen LogP contribution in [0.1, 0.15) is 12.0 Å². The van der Waals surface area contributed by atoms with Gasteiger partial charge in [-0.25, -0.2) is 5.43 Å².